The number of carbonyl (C=O) groups excluding carboxylic acids is 1. The van der Waals surface area contributed by atoms with Crippen LogP contribution in [0, 0.1) is 11.3 Å². The zero-order chi connectivity index (χ0) is 20.8. The number of likely N-dealkylation sites (N-methyl/N-ethyl adjacent to an activating group) is 1. The predicted octanol–water partition coefficient (Wildman–Crippen LogP) is 4.95. The highest BCUT2D eigenvalue weighted by molar-refractivity contribution is 5.78. The zero-order valence-electron chi connectivity index (χ0n) is 18.3. The smallest absolute Gasteiger partial charge is 0.312 e. The van der Waals surface area contributed by atoms with Gasteiger partial charge in [-0.2, -0.15) is 0 Å². The highest BCUT2D eigenvalue weighted by atomic mass is 16.5. The molecular weight excluding hydrogens is 370 g/mol. The van der Waals surface area contributed by atoms with Crippen molar-refractivity contribution in [2.75, 3.05) is 27.2 Å². The maximum Gasteiger partial charge on any atom is 0.312 e. The minimum atomic E-state index is -0.350. The highest BCUT2D eigenvalue weighted by Gasteiger charge is 2.66. The Morgan fingerprint density at radius 3 is 1.90 bits per heavy atom. The summed E-state index contributed by atoms with van der Waals surface area (Å²) in [6, 6.07) is 22.0. The first-order valence-electron chi connectivity index (χ1n) is 11.4. The monoisotopic (exact) mass is 403 g/mol. The van der Waals surface area contributed by atoms with Crippen molar-refractivity contribution in [3.8, 4) is 0 Å². The Kier molecular flexibility index (Phi) is 4.77. The zero-order valence-corrected chi connectivity index (χ0v) is 18.3. The van der Waals surface area contributed by atoms with Gasteiger partial charge in [0.25, 0.3) is 0 Å². The predicted molar refractivity (Wildman–Crippen MR) is 119 cm³/mol. The summed E-state index contributed by atoms with van der Waals surface area (Å²) in [4.78, 5) is 15.7. The van der Waals surface area contributed by atoms with Crippen LogP contribution < -0.4 is 0 Å². The summed E-state index contributed by atoms with van der Waals surface area (Å²) in [5.41, 5.74) is 2.64. The molecule has 4 saturated carbocycles. The van der Waals surface area contributed by atoms with Crippen molar-refractivity contribution >= 4 is 5.97 Å². The largest absolute Gasteiger partial charge is 0.464 e. The second-order valence-electron chi connectivity index (χ2n) is 10.5. The highest BCUT2D eigenvalue weighted by Crippen LogP contribution is 2.70. The lowest BCUT2D eigenvalue weighted by Gasteiger charge is -2.66. The SMILES string of the molecule is CN(C)CCOC(=O)C12CC3CC(c4ccccc4)(C1)CC(c1ccccc1)(C3)C2. The molecule has 0 heterocycles. The molecule has 158 valence electrons. The van der Waals surface area contributed by atoms with Gasteiger partial charge < -0.3 is 9.64 Å². The van der Waals surface area contributed by atoms with Crippen molar-refractivity contribution in [3.63, 3.8) is 0 Å². The lowest BCUT2D eigenvalue weighted by molar-refractivity contribution is -0.177. The van der Waals surface area contributed by atoms with Crippen LogP contribution in [-0.4, -0.2) is 38.1 Å². The molecule has 3 heteroatoms. The van der Waals surface area contributed by atoms with E-state index in [0.29, 0.717) is 12.5 Å². The molecule has 30 heavy (non-hydrogen) atoms. The van der Waals surface area contributed by atoms with Gasteiger partial charge in [0.05, 0.1) is 5.41 Å². The third kappa shape index (κ3) is 3.19. The minimum absolute atomic E-state index is 0.0501. The molecule has 0 amide bonds. The summed E-state index contributed by atoms with van der Waals surface area (Å²) in [5, 5.41) is 0. The van der Waals surface area contributed by atoms with Gasteiger partial charge in [-0.1, -0.05) is 60.7 Å². The van der Waals surface area contributed by atoms with Crippen molar-refractivity contribution in [1.29, 1.82) is 0 Å². The van der Waals surface area contributed by atoms with Crippen LogP contribution in [0.4, 0.5) is 0 Å². The Labute approximate surface area is 180 Å². The van der Waals surface area contributed by atoms with Gasteiger partial charge in [0, 0.05) is 6.54 Å². The molecule has 0 N–H and O–H groups in total. The van der Waals surface area contributed by atoms with Gasteiger partial charge >= 0.3 is 5.97 Å². The van der Waals surface area contributed by atoms with E-state index in [-0.39, 0.29) is 22.2 Å². The van der Waals surface area contributed by atoms with Gasteiger partial charge in [0.1, 0.15) is 6.61 Å². The molecule has 4 bridgehead atoms. The summed E-state index contributed by atoms with van der Waals surface area (Å²) in [5.74, 6) is 0.636. The second kappa shape index (κ2) is 7.23. The van der Waals surface area contributed by atoms with E-state index >= 15 is 0 Å². The maximum atomic E-state index is 13.6. The number of hydrogen-bond acceptors (Lipinski definition) is 3. The Morgan fingerprint density at radius 1 is 0.867 bits per heavy atom. The molecule has 0 spiro atoms. The average Bonchev–Trinajstić information content (AvgIpc) is 2.74. The number of hydrogen-bond donors (Lipinski definition) is 0. The Bertz CT molecular complexity index is 851. The summed E-state index contributed by atoms with van der Waals surface area (Å²) in [7, 11) is 4.04. The quantitative estimate of drug-likeness (QED) is 0.639. The standard InChI is InChI=1S/C27H33NO2/c1-28(2)13-14-30-24(29)27-17-21-15-25(19-27,22-9-5-3-6-10-22)18-26(16-21,20-27)23-11-7-4-8-12-23/h3-12,21H,13-20H2,1-2H3. The minimum Gasteiger partial charge on any atom is -0.464 e. The number of nitrogens with zero attached hydrogens (tertiary/aromatic N) is 1. The van der Waals surface area contributed by atoms with Crippen LogP contribution in [-0.2, 0) is 20.4 Å². The molecule has 0 aliphatic heterocycles. The number of benzene rings is 2. The fourth-order valence-corrected chi connectivity index (χ4v) is 7.37. The Hall–Kier alpha value is -2.13. The molecule has 3 nitrogen and oxygen atoms in total. The average molecular weight is 404 g/mol. The summed E-state index contributed by atoms with van der Waals surface area (Å²) in [6.07, 6.45) is 6.44. The van der Waals surface area contributed by atoms with Crippen LogP contribution in [0.3, 0.4) is 0 Å². The molecule has 0 radical (unpaired) electrons. The number of ether oxygens (including phenoxy) is 1. The normalized spacial score (nSPS) is 34.3. The topological polar surface area (TPSA) is 29.5 Å². The van der Waals surface area contributed by atoms with E-state index < -0.39 is 0 Å². The fraction of sp³-hybridized carbons (Fsp3) is 0.519. The van der Waals surface area contributed by atoms with Crippen molar-refractivity contribution in [2.45, 2.75) is 49.4 Å². The van der Waals surface area contributed by atoms with Gasteiger partial charge in [0.2, 0.25) is 0 Å². The fourth-order valence-electron chi connectivity index (χ4n) is 7.37. The van der Waals surface area contributed by atoms with E-state index in [0.717, 1.165) is 32.2 Å². The first kappa shape index (κ1) is 19.8. The van der Waals surface area contributed by atoms with E-state index in [1.165, 1.54) is 24.0 Å². The van der Waals surface area contributed by atoms with Crippen molar-refractivity contribution in [1.82, 2.24) is 4.90 Å². The molecule has 0 saturated heterocycles. The molecule has 2 aromatic rings. The molecule has 4 aliphatic rings. The third-order valence-electron chi connectivity index (χ3n) is 8.05. The lowest BCUT2D eigenvalue weighted by Crippen LogP contribution is -2.62. The van der Waals surface area contributed by atoms with E-state index in [9.17, 15) is 4.79 Å². The van der Waals surface area contributed by atoms with Crippen LogP contribution in [0.25, 0.3) is 0 Å². The second-order valence-corrected chi connectivity index (χ2v) is 10.5. The van der Waals surface area contributed by atoms with Crippen LogP contribution in [0.2, 0.25) is 0 Å². The molecule has 4 aliphatic carbocycles. The van der Waals surface area contributed by atoms with Crippen molar-refractivity contribution < 1.29 is 9.53 Å². The summed E-state index contributed by atoms with van der Waals surface area (Å²) in [6.45, 7) is 1.26. The number of esters is 1. The van der Waals surface area contributed by atoms with Crippen LogP contribution in [0.15, 0.2) is 60.7 Å². The van der Waals surface area contributed by atoms with E-state index in [4.69, 9.17) is 4.74 Å². The molecule has 2 atom stereocenters. The van der Waals surface area contributed by atoms with Gasteiger partial charge in [0.15, 0.2) is 0 Å². The van der Waals surface area contributed by atoms with Gasteiger partial charge in [-0.3, -0.25) is 4.79 Å². The van der Waals surface area contributed by atoms with E-state index in [1.807, 2.05) is 14.1 Å². The van der Waals surface area contributed by atoms with Crippen LogP contribution in [0.5, 0.6) is 0 Å². The Balaban J connectivity index is 1.55. The number of rotatable bonds is 6. The van der Waals surface area contributed by atoms with Crippen molar-refractivity contribution in [3.05, 3.63) is 71.8 Å². The van der Waals surface area contributed by atoms with E-state index in [1.54, 1.807) is 0 Å². The van der Waals surface area contributed by atoms with Crippen LogP contribution >= 0.6 is 0 Å². The maximum absolute atomic E-state index is 13.6. The lowest BCUT2D eigenvalue weighted by atomic mass is 9.37. The molecule has 4 fully saturated rings. The van der Waals surface area contributed by atoms with Gasteiger partial charge in [-0.05, 0) is 80.5 Å². The first-order chi connectivity index (χ1) is 14.5. The summed E-state index contributed by atoms with van der Waals surface area (Å²) < 4.78 is 5.92. The third-order valence-corrected chi connectivity index (χ3v) is 8.05. The first-order valence-corrected chi connectivity index (χ1v) is 11.4. The summed E-state index contributed by atoms with van der Waals surface area (Å²) >= 11 is 0. The van der Waals surface area contributed by atoms with E-state index in [2.05, 4.69) is 65.6 Å². The number of carbonyl (C=O) groups is 1. The Morgan fingerprint density at radius 2 is 1.40 bits per heavy atom. The van der Waals surface area contributed by atoms with Crippen molar-refractivity contribution in [2.24, 2.45) is 11.3 Å². The molecule has 6 rings (SSSR count). The molecule has 2 unspecified atom stereocenters. The molecular formula is C27H33NO2. The van der Waals surface area contributed by atoms with Gasteiger partial charge in [-0.15, -0.1) is 0 Å². The molecule has 2 aromatic carbocycles. The van der Waals surface area contributed by atoms with Crippen LogP contribution in [0.1, 0.15) is 49.7 Å². The molecule has 0 aromatic heterocycles. The van der Waals surface area contributed by atoms with Gasteiger partial charge in [-0.25, -0.2) is 0 Å².